The maximum Gasteiger partial charge on any atom is 0.253 e. The molecule has 15 heavy (non-hydrogen) atoms. The van der Waals surface area contributed by atoms with Crippen molar-refractivity contribution < 1.29 is 9.90 Å². The van der Waals surface area contributed by atoms with Crippen LogP contribution in [0.4, 0.5) is 0 Å². The highest BCUT2D eigenvalue weighted by Gasteiger charge is 2.32. The monoisotopic (exact) mass is 214 g/mol. The van der Waals surface area contributed by atoms with E-state index in [2.05, 4.69) is 19.0 Å². The van der Waals surface area contributed by atoms with Gasteiger partial charge in [0.05, 0.1) is 0 Å². The molecule has 4 nitrogen and oxygen atoms in total. The Labute approximate surface area is 91.9 Å². The molecular weight excluding hydrogens is 192 g/mol. The van der Waals surface area contributed by atoms with Gasteiger partial charge in [-0.05, 0) is 40.8 Å². The molecule has 1 heterocycles. The zero-order chi connectivity index (χ0) is 11.6. The van der Waals surface area contributed by atoms with Crippen molar-refractivity contribution in [1.82, 2.24) is 9.80 Å². The maximum atomic E-state index is 11.8. The van der Waals surface area contributed by atoms with Gasteiger partial charge in [-0.2, -0.15) is 0 Å². The van der Waals surface area contributed by atoms with Crippen LogP contribution in [0.3, 0.4) is 0 Å². The van der Waals surface area contributed by atoms with Crippen molar-refractivity contribution in [2.75, 3.05) is 27.2 Å². The lowest BCUT2D eigenvalue weighted by Crippen LogP contribution is -2.50. The minimum atomic E-state index is -1.23. The normalized spacial score (nSPS) is 19.7. The number of nitrogens with zero attached hydrogens (tertiary/aromatic N) is 2. The van der Waals surface area contributed by atoms with Gasteiger partial charge in [-0.1, -0.05) is 0 Å². The van der Waals surface area contributed by atoms with Crippen LogP contribution in [0.15, 0.2) is 0 Å². The van der Waals surface area contributed by atoms with Crippen molar-refractivity contribution in [3.05, 3.63) is 0 Å². The molecule has 0 saturated carbocycles. The van der Waals surface area contributed by atoms with Gasteiger partial charge in [0, 0.05) is 19.1 Å². The number of rotatable bonds is 2. The Morgan fingerprint density at radius 3 is 2.13 bits per heavy atom. The second kappa shape index (κ2) is 4.49. The molecule has 0 aromatic carbocycles. The predicted octanol–water partition coefficient (Wildman–Crippen LogP) is 0.310. The molecule has 0 aromatic heterocycles. The molecule has 1 amide bonds. The first-order chi connectivity index (χ1) is 6.82. The van der Waals surface area contributed by atoms with Crippen LogP contribution in [0, 0.1) is 0 Å². The summed E-state index contributed by atoms with van der Waals surface area (Å²) >= 11 is 0. The van der Waals surface area contributed by atoms with E-state index in [4.69, 9.17) is 0 Å². The van der Waals surface area contributed by atoms with Crippen LogP contribution in [0.2, 0.25) is 0 Å². The molecule has 0 unspecified atom stereocenters. The van der Waals surface area contributed by atoms with Crippen LogP contribution < -0.4 is 0 Å². The average Bonchev–Trinajstić information content (AvgIpc) is 2.15. The van der Waals surface area contributed by atoms with Gasteiger partial charge >= 0.3 is 0 Å². The summed E-state index contributed by atoms with van der Waals surface area (Å²) in [6, 6.07) is 0.566. The van der Waals surface area contributed by atoms with Crippen molar-refractivity contribution in [2.45, 2.75) is 38.3 Å². The van der Waals surface area contributed by atoms with Gasteiger partial charge in [0.15, 0.2) is 0 Å². The van der Waals surface area contributed by atoms with Crippen LogP contribution in [-0.4, -0.2) is 59.6 Å². The molecule has 88 valence electrons. The fourth-order valence-electron chi connectivity index (χ4n) is 1.97. The molecule has 0 aliphatic carbocycles. The van der Waals surface area contributed by atoms with Gasteiger partial charge in [-0.3, -0.25) is 4.79 Å². The lowest BCUT2D eigenvalue weighted by Gasteiger charge is -2.37. The molecule has 0 atom stereocenters. The smallest absolute Gasteiger partial charge is 0.253 e. The summed E-state index contributed by atoms with van der Waals surface area (Å²) in [6.07, 6.45) is 1.99. The first kappa shape index (κ1) is 12.5. The number of aliphatic hydroxyl groups is 1. The maximum absolute atomic E-state index is 11.8. The first-order valence-electron chi connectivity index (χ1n) is 5.50. The summed E-state index contributed by atoms with van der Waals surface area (Å²) in [4.78, 5) is 15.7. The molecule has 1 fully saturated rings. The number of carbonyl (C=O) groups is 1. The minimum Gasteiger partial charge on any atom is -0.381 e. The molecule has 0 bridgehead atoms. The highest BCUT2D eigenvalue weighted by molar-refractivity contribution is 5.84. The molecule has 1 rings (SSSR count). The highest BCUT2D eigenvalue weighted by Crippen LogP contribution is 2.17. The number of hydrogen-bond donors (Lipinski definition) is 1. The highest BCUT2D eigenvalue weighted by atomic mass is 16.3. The lowest BCUT2D eigenvalue weighted by molar-refractivity contribution is -0.149. The summed E-state index contributed by atoms with van der Waals surface area (Å²) in [6.45, 7) is 4.61. The molecule has 0 aromatic rings. The van der Waals surface area contributed by atoms with Crippen molar-refractivity contribution in [1.29, 1.82) is 0 Å². The Kier molecular flexibility index (Phi) is 3.73. The topological polar surface area (TPSA) is 43.8 Å². The van der Waals surface area contributed by atoms with E-state index in [9.17, 15) is 9.90 Å². The number of piperidine rings is 1. The summed E-state index contributed by atoms with van der Waals surface area (Å²) < 4.78 is 0. The second-order valence-corrected chi connectivity index (χ2v) is 5.05. The Balaban J connectivity index is 2.48. The SMILES string of the molecule is CN(C)C1CCN(C(=O)C(C)(C)O)CC1. The number of likely N-dealkylation sites (tertiary alicyclic amines) is 1. The Morgan fingerprint density at radius 2 is 1.80 bits per heavy atom. The van der Waals surface area contributed by atoms with Crippen LogP contribution >= 0.6 is 0 Å². The average molecular weight is 214 g/mol. The Morgan fingerprint density at radius 1 is 1.33 bits per heavy atom. The summed E-state index contributed by atoms with van der Waals surface area (Å²) in [5.41, 5.74) is -1.23. The molecule has 1 aliphatic heterocycles. The lowest BCUT2D eigenvalue weighted by atomic mass is 10.0. The van der Waals surface area contributed by atoms with Crippen molar-refractivity contribution >= 4 is 5.91 Å². The van der Waals surface area contributed by atoms with Crippen LogP contribution in [0.5, 0.6) is 0 Å². The van der Waals surface area contributed by atoms with Gasteiger partial charge < -0.3 is 14.9 Å². The van der Waals surface area contributed by atoms with Crippen LogP contribution in [0.25, 0.3) is 0 Å². The zero-order valence-electron chi connectivity index (χ0n) is 10.2. The van der Waals surface area contributed by atoms with E-state index in [0.717, 1.165) is 25.9 Å². The third kappa shape index (κ3) is 3.18. The summed E-state index contributed by atoms with van der Waals surface area (Å²) in [5, 5.41) is 9.61. The van der Waals surface area contributed by atoms with E-state index in [-0.39, 0.29) is 5.91 Å². The van der Waals surface area contributed by atoms with E-state index in [1.54, 1.807) is 18.7 Å². The van der Waals surface area contributed by atoms with Gasteiger partial charge in [0.25, 0.3) is 5.91 Å². The Bertz CT molecular complexity index is 225. The molecule has 1 saturated heterocycles. The minimum absolute atomic E-state index is 0.153. The molecule has 1 aliphatic rings. The molecule has 1 N–H and O–H groups in total. The molecule has 0 spiro atoms. The van der Waals surface area contributed by atoms with Gasteiger partial charge in [0.2, 0.25) is 0 Å². The molecule has 0 radical (unpaired) electrons. The number of amides is 1. The summed E-state index contributed by atoms with van der Waals surface area (Å²) in [5.74, 6) is -0.153. The third-order valence-electron chi connectivity index (χ3n) is 3.01. The number of hydrogen-bond acceptors (Lipinski definition) is 3. The number of carbonyl (C=O) groups excluding carboxylic acids is 1. The second-order valence-electron chi connectivity index (χ2n) is 5.05. The van der Waals surface area contributed by atoms with Gasteiger partial charge in [-0.15, -0.1) is 0 Å². The summed E-state index contributed by atoms with van der Waals surface area (Å²) in [7, 11) is 4.14. The standard InChI is InChI=1S/C11H22N2O2/c1-11(2,15)10(14)13-7-5-9(6-8-13)12(3)4/h9,15H,5-8H2,1-4H3. The van der Waals surface area contributed by atoms with Crippen LogP contribution in [-0.2, 0) is 4.79 Å². The van der Waals surface area contributed by atoms with Crippen molar-refractivity contribution in [3.63, 3.8) is 0 Å². The third-order valence-corrected chi connectivity index (χ3v) is 3.01. The molecule has 4 heteroatoms. The van der Waals surface area contributed by atoms with Crippen molar-refractivity contribution in [2.24, 2.45) is 0 Å². The fraction of sp³-hybridized carbons (Fsp3) is 0.909. The van der Waals surface area contributed by atoms with Crippen molar-refractivity contribution in [3.8, 4) is 0 Å². The zero-order valence-corrected chi connectivity index (χ0v) is 10.2. The molecular formula is C11H22N2O2. The van der Waals surface area contributed by atoms with E-state index in [0.29, 0.717) is 6.04 Å². The van der Waals surface area contributed by atoms with Gasteiger partial charge in [-0.25, -0.2) is 0 Å². The Hall–Kier alpha value is -0.610. The fourth-order valence-corrected chi connectivity index (χ4v) is 1.97. The van der Waals surface area contributed by atoms with Crippen LogP contribution in [0.1, 0.15) is 26.7 Å². The first-order valence-corrected chi connectivity index (χ1v) is 5.50. The quantitative estimate of drug-likeness (QED) is 0.719. The van der Waals surface area contributed by atoms with Gasteiger partial charge in [0.1, 0.15) is 5.60 Å². The van der Waals surface area contributed by atoms with E-state index >= 15 is 0 Å². The predicted molar refractivity (Wildman–Crippen MR) is 59.6 cm³/mol. The largest absolute Gasteiger partial charge is 0.381 e. The van der Waals surface area contributed by atoms with E-state index in [1.807, 2.05) is 0 Å². The van der Waals surface area contributed by atoms with E-state index < -0.39 is 5.60 Å². The van der Waals surface area contributed by atoms with E-state index in [1.165, 1.54) is 0 Å².